The fourth-order valence-corrected chi connectivity index (χ4v) is 4.56. The van der Waals surface area contributed by atoms with Crippen LogP contribution in [-0.4, -0.2) is 37.3 Å². The average Bonchev–Trinajstić information content (AvgIpc) is 2.82. The number of rotatable bonds is 8. The Balaban J connectivity index is 1.88. The molecule has 1 heterocycles. The van der Waals surface area contributed by atoms with Gasteiger partial charge in [0.25, 0.3) is 0 Å². The zero-order valence-electron chi connectivity index (χ0n) is 18.5. The lowest BCUT2D eigenvalue weighted by atomic mass is 9.78. The molecule has 2 aromatic rings. The van der Waals surface area contributed by atoms with Crippen LogP contribution in [0.2, 0.25) is 5.02 Å². The maximum atomic E-state index is 12.9. The number of anilines is 1. The van der Waals surface area contributed by atoms with E-state index in [1.165, 1.54) is 7.11 Å². The predicted octanol–water partition coefficient (Wildman–Crippen LogP) is 3.85. The van der Waals surface area contributed by atoms with Gasteiger partial charge in [-0.2, -0.15) is 5.26 Å². The maximum Gasteiger partial charge on any atom is 0.319 e. The van der Waals surface area contributed by atoms with Gasteiger partial charge in [0.05, 0.1) is 36.1 Å². The Bertz CT molecular complexity index is 1160. The Hall–Kier alpha value is -3.48. The number of carbonyl (C=O) groups excluding carboxylic acids is 3. The third-order valence-electron chi connectivity index (χ3n) is 4.99. The van der Waals surface area contributed by atoms with Gasteiger partial charge >= 0.3 is 5.97 Å². The number of nitrogens with zero attached hydrogens (tertiary/aromatic N) is 1. The molecule has 0 aliphatic carbocycles. The number of benzene rings is 2. The number of amides is 2. The Morgan fingerprint density at radius 1 is 1.24 bits per heavy atom. The van der Waals surface area contributed by atoms with Crippen molar-refractivity contribution in [3.05, 3.63) is 69.7 Å². The molecule has 0 fully saturated rings. The van der Waals surface area contributed by atoms with Crippen molar-refractivity contribution in [3.63, 3.8) is 0 Å². The maximum absolute atomic E-state index is 12.9. The first-order valence-corrected chi connectivity index (χ1v) is 11.7. The fourth-order valence-electron chi connectivity index (χ4n) is 3.52. The van der Waals surface area contributed by atoms with Gasteiger partial charge in [-0.3, -0.25) is 14.4 Å². The number of nitriles is 1. The van der Waals surface area contributed by atoms with Crippen LogP contribution in [0.4, 0.5) is 5.69 Å². The first-order valence-electron chi connectivity index (χ1n) is 10.3. The van der Waals surface area contributed by atoms with Crippen molar-refractivity contribution in [1.82, 2.24) is 5.32 Å². The van der Waals surface area contributed by atoms with E-state index in [-0.39, 0.29) is 22.3 Å². The zero-order valence-corrected chi connectivity index (χ0v) is 20.0. The molecule has 10 heteroatoms. The van der Waals surface area contributed by atoms with E-state index in [4.69, 9.17) is 21.1 Å². The molecular formula is C24H22ClN3O5S. The number of nitrogens with one attached hydrogen (secondary N) is 2. The van der Waals surface area contributed by atoms with Crippen molar-refractivity contribution in [2.24, 2.45) is 5.92 Å². The molecule has 1 aliphatic rings. The summed E-state index contributed by atoms with van der Waals surface area (Å²) in [6.07, 6.45) is 0. The van der Waals surface area contributed by atoms with Crippen LogP contribution in [0.15, 0.2) is 59.1 Å². The van der Waals surface area contributed by atoms with Crippen molar-refractivity contribution in [1.29, 1.82) is 5.26 Å². The third-order valence-corrected chi connectivity index (χ3v) is 6.24. The lowest BCUT2D eigenvalue weighted by molar-refractivity contribution is -0.150. The second kappa shape index (κ2) is 11.6. The number of thioether (sulfide) groups is 1. The number of methoxy groups -OCH3 is 1. The van der Waals surface area contributed by atoms with E-state index in [0.29, 0.717) is 28.6 Å². The van der Waals surface area contributed by atoms with Crippen LogP contribution in [0.3, 0.4) is 0 Å². The highest BCUT2D eigenvalue weighted by atomic mass is 35.5. The van der Waals surface area contributed by atoms with Gasteiger partial charge in [-0.25, -0.2) is 0 Å². The van der Waals surface area contributed by atoms with Crippen molar-refractivity contribution in [3.8, 4) is 11.8 Å². The number of esters is 1. The van der Waals surface area contributed by atoms with Crippen LogP contribution in [0, 0.1) is 17.2 Å². The van der Waals surface area contributed by atoms with Crippen molar-refractivity contribution in [2.75, 3.05) is 24.8 Å². The number of hydrogen-bond donors (Lipinski definition) is 2. The molecule has 176 valence electrons. The first-order chi connectivity index (χ1) is 16.4. The van der Waals surface area contributed by atoms with E-state index in [9.17, 15) is 19.6 Å². The summed E-state index contributed by atoms with van der Waals surface area (Å²) in [5, 5.41) is 16.0. The van der Waals surface area contributed by atoms with Gasteiger partial charge in [0, 0.05) is 16.6 Å². The van der Waals surface area contributed by atoms with Gasteiger partial charge in [0.2, 0.25) is 11.8 Å². The molecule has 0 radical (unpaired) electrons. The largest absolute Gasteiger partial charge is 0.494 e. The van der Waals surface area contributed by atoms with Gasteiger partial charge in [0.15, 0.2) is 0 Å². The number of hydrogen-bond acceptors (Lipinski definition) is 7. The number of halogens is 1. The molecule has 0 bridgehead atoms. The van der Waals surface area contributed by atoms with Crippen LogP contribution in [-0.2, 0) is 19.1 Å². The molecule has 0 saturated heterocycles. The number of carbonyl (C=O) groups is 3. The van der Waals surface area contributed by atoms with E-state index in [2.05, 4.69) is 16.7 Å². The van der Waals surface area contributed by atoms with E-state index in [1.54, 1.807) is 48.5 Å². The molecule has 3 rings (SSSR count). The molecule has 1 aliphatic heterocycles. The molecule has 0 saturated carbocycles. The topological polar surface area (TPSA) is 118 Å². The molecule has 2 aromatic carbocycles. The minimum absolute atomic E-state index is 0.0772. The molecule has 2 atom stereocenters. The van der Waals surface area contributed by atoms with Gasteiger partial charge in [-0.15, -0.1) is 0 Å². The molecule has 8 nitrogen and oxygen atoms in total. The van der Waals surface area contributed by atoms with Crippen LogP contribution in [0.5, 0.6) is 5.75 Å². The summed E-state index contributed by atoms with van der Waals surface area (Å²) in [4.78, 5) is 37.8. The van der Waals surface area contributed by atoms with Crippen LogP contribution >= 0.6 is 23.4 Å². The highest BCUT2D eigenvalue weighted by Crippen LogP contribution is 2.40. The van der Waals surface area contributed by atoms with Gasteiger partial charge in [-0.1, -0.05) is 41.6 Å². The molecule has 0 aromatic heterocycles. The van der Waals surface area contributed by atoms with E-state index in [0.717, 1.165) is 11.8 Å². The minimum atomic E-state index is -1.25. The Morgan fingerprint density at radius 2 is 1.97 bits per heavy atom. The summed E-state index contributed by atoms with van der Waals surface area (Å²) in [7, 11) is 1.19. The minimum Gasteiger partial charge on any atom is -0.494 e. The third kappa shape index (κ3) is 5.90. The second-order valence-corrected chi connectivity index (χ2v) is 8.59. The normalized spacial score (nSPS) is 17.4. The van der Waals surface area contributed by atoms with Gasteiger partial charge < -0.3 is 20.1 Å². The van der Waals surface area contributed by atoms with Crippen molar-refractivity contribution < 1.29 is 23.9 Å². The van der Waals surface area contributed by atoms with Crippen LogP contribution in [0.25, 0.3) is 0 Å². The van der Waals surface area contributed by atoms with Crippen LogP contribution < -0.4 is 15.4 Å². The molecule has 0 spiro atoms. The summed E-state index contributed by atoms with van der Waals surface area (Å²) in [5.74, 6) is -3.29. The average molecular weight is 500 g/mol. The Labute approximate surface area is 206 Å². The summed E-state index contributed by atoms with van der Waals surface area (Å²) in [6.45, 7) is 2.34. The lowest BCUT2D eigenvalue weighted by Crippen LogP contribution is -2.44. The van der Waals surface area contributed by atoms with Gasteiger partial charge in [0.1, 0.15) is 11.7 Å². The quantitative estimate of drug-likeness (QED) is 0.418. The highest BCUT2D eigenvalue weighted by molar-refractivity contribution is 8.03. The zero-order chi connectivity index (χ0) is 24.7. The lowest BCUT2D eigenvalue weighted by Gasteiger charge is -2.31. The highest BCUT2D eigenvalue weighted by Gasteiger charge is 2.44. The monoisotopic (exact) mass is 499 g/mol. The molecule has 34 heavy (non-hydrogen) atoms. The summed E-state index contributed by atoms with van der Waals surface area (Å²) in [6, 6.07) is 15.6. The summed E-state index contributed by atoms with van der Waals surface area (Å²) in [5.41, 5.74) is 1.27. The molecule has 0 unspecified atom stereocenters. The van der Waals surface area contributed by atoms with Crippen molar-refractivity contribution >= 4 is 46.8 Å². The van der Waals surface area contributed by atoms with E-state index < -0.39 is 23.7 Å². The first kappa shape index (κ1) is 25.1. The Morgan fingerprint density at radius 3 is 2.59 bits per heavy atom. The molecule has 2 amide bonds. The predicted molar refractivity (Wildman–Crippen MR) is 129 cm³/mol. The molecule has 2 N–H and O–H groups in total. The number of ether oxygens (including phenoxy) is 2. The Kier molecular flexibility index (Phi) is 8.57. The summed E-state index contributed by atoms with van der Waals surface area (Å²) < 4.78 is 10.3. The van der Waals surface area contributed by atoms with Crippen molar-refractivity contribution in [2.45, 2.75) is 12.8 Å². The number of allylic oxidation sites excluding steroid dienone is 1. The molecular weight excluding hydrogens is 478 g/mol. The van der Waals surface area contributed by atoms with Gasteiger partial charge in [-0.05, 0) is 42.8 Å². The SMILES string of the molecule is CCOc1ccc([C@@H]2C(C#N)=C(SCC(=O)Nc3cccc(Cl)c3)NC(=O)[C@H]2C(=O)OC)cc1. The summed E-state index contributed by atoms with van der Waals surface area (Å²) >= 11 is 6.94. The van der Waals surface area contributed by atoms with E-state index >= 15 is 0 Å². The standard InChI is InChI=1S/C24H22ClN3O5S/c1-3-33-17-9-7-14(8-10-17)20-18(12-26)23(28-22(30)21(20)24(31)32-2)34-13-19(29)27-16-6-4-5-15(25)11-16/h4-11,20-21H,3,13H2,1-2H3,(H,27,29)(H,28,30)/t20-,21+/m1/s1. The van der Waals surface area contributed by atoms with E-state index in [1.807, 2.05) is 6.92 Å². The smallest absolute Gasteiger partial charge is 0.319 e. The van der Waals surface area contributed by atoms with Crippen LogP contribution in [0.1, 0.15) is 18.4 Å². The fraction of sp³-hybridized carbons (Fsp3) is 0.250. The second-order valence-electron chi connectivity index (χ2n) is 7.17.